The molecule has 0 radical (unpaired) electrons. The Kier molecular flexibility index (Phi) is 13.7. The van der Waals surface area contributed by atoms with Crippen LogP contribution in [0.1, 0.15) is 105 Å². The normalized spacial score (nSPS) is 25.2. The highest BCUT2D eigenvalue weighted by Crippen LogP contribution is 2.26. The predicted octanol–water partition coefficient (Wildman–Crippen LogP) is 5.47. The number of alkyl carbamates (subject to hydrolysis) is 2. The highest BCUT2D eigenvalue weighted by atomic mass is 16.6. The summed E-state index contributed by atoms with van der Waals surface area (Å²) in [6.45, 7) is 9.24. The number of hydrogen-bond acceptors (Lipinski definition) is 6. The van der Waals surface area contributed by atoms with Crippen molar-refractivity contribution >= 4 is 12.2 Å². The SMILES string of the molecule is CC(C)OC1CCCCC1OC(=O)NCCCCCCNC(=O)OC1CCCCC1OC(C)C. The van der Waals surface area contributed by atoms with Gasteiger partial charge in [-0.05, 0) is 79.1 Å². The molecule has 2 aliphatic rings. The summed E-state index contributed by atoms with van der Waals surface area (Å²) in [5, 5.41) is 5.72. The maximum absolute atomic E-state index is 12.1. The van der Waals surface area contributed by atoms with Gasteiger partial charge in [-0.25, -0.2) is 9.59 Å². The molecule has 0 aromatic rings. The van der Waals surface area contributed by atoms with Crippen LogP contribution in [0.25, 0.3) is 0 Å². The van der Waals surface area contributed by atoms with Crippen molar-refractivity contribution in [1.82, 2.24) is 10.6 Å². The van der Waals surface area contributed by atoms with E-state index in [1.807, 2.05) is 27.7 Å². The first-order chi connectivity index (χ1) is 16.3. The van der Waals surface area contributed by atoms with E-state index in [0.29, 0.717) is 13.1 Å². The Morgan fingerprint density at radius 2 is 0.971 bits per heavy atom. The van der Waals surface area contributed by atoms with Crippen molar-refractivity contribution in [3.63, 3.8) is 0 Å². The van der Waals surface area contributed by atoms with E-state index in [9.17, 15) is 9.59 Å². The van der Waals surface area contributed by atoms with Gasteiger partial charge in [0.05, 0.1) is 24.4 Å². The predicted molar refractivity (Wildman–Crippen MR) is 132 cm³/mol. The van der Waals surface area contributed by atoms with E-state index in [0.717, 1.165) is 77.0 Å². The Balaban J connectivity index is 1.49. The van der Waals surface area contributed by atoms with Crippen LogP contribution in [0.4, 0.5) is 9.59 Å². The fraction of sp³-hybridized carbons (Fsp3) is 0.923. The van der Waals surface area contributed by atoms with E-state index in [1.165, 1.54) is 0 Å². The minimum Gasteiger partial charge on any atom is -0.443 e. The third kappa shape index (κ3) is 11.7. The van der Waals surface area contributed by atoms with Crippen molar-refractivity contribution in [2.75, 3.05) is 13.1 Å². The summed E-state index contributed by atoms with van der Waals surface area (Å²) in [7, 11) is 0. The molecule has 0 bridgehead atoms. The number of ether oxygens (including phenoxy) is 4. The Bertz CT molecular complexity index is 536. The zero-order valence-corrected chi connectivity index (χ0v) is 21.8. The van der Waals surface area contributed by atoms with Crippen LogP contribution in [-0.2, 0) is 18.9 Å². The molecular formula is C26H48N2O6. The van der Waals surface area contributed by atoms with E-state index in [1.54, 1.807) is 0 Å². The Morgan fingerprint density at radius 1 is 0.618 bits per heavy atom. The molecule has 2 amide bonds. The molecule has 8 nitrogen and oxygen atoms in total. The molecule has 0 heterocycles. The van der Waals surface area contributed by atoms with Crippen LogP contribution in [0.15, 0.2) is 0 Å². The lowest BCUT2D eigenvalue weighted by Gasteiger charge is -2.32. The first kappa shape index (κ1) is 28.7. The largest absolute Gasteiger partial charge is 0.443 e. The van der Waals surface area contributed by atoms with E-state index in [4.69, 9.17) is 18.9 Å². The van der Waals surface area contributed by atoms with E-state index in [-0.39, 0.29) is 48.8 Å². The highest BCUT2D eigenvalue weighted by Gasteiger charge is 2.30. The lowest BCUT2D eigenvalue weighted by atomic mass is 9.94. The van der Waals surface area contributed by atoms with Crippen molar-refractivity contribution in [3.8, 4) is 0 Å². The minimum absolute atomic E-state index is 0.00502. The van der Waals surface area contributed by atoms with E-state index < -0.39 is 0 Å². The molecule has 2 N–H and O–H groups in total. The molecule has 8 heteroatoms. The van der Waals surface area contributed by atoms with Gasteiger partial charge in [-0.2, -0.15) is 0 Å². The molecular weight excluding hydrogens is 436 g/mol. The summed E-state index contributed by atoms with van der Waals surface area (Å²) < 4.78 is 23.1. The van der Waals surface area contributed by atoms with Crippen molar-refractivity contribution in [2.45, 2.75) is 141 Å². The fourth-order valence-electron chi connectivity index (χ4n) is 4.75. The number of amides is 2. The Morgan fingerprint density at radius 3 is 1.32 bits per heavy atom. The van der Waals surface area contributed by atoms with Gasteiger partial charge in [-0.1, -0.05) is 25.7 Å². The minimum atomic E-state index is -0.351. The zero-order chi connectivity index (χ0) is 24.8. The average Bonchev–Trinajstić information content (AvgIpc) is 2.77. The van der Waals surface area contributed by atoms with Crippen molar-refractivity contribution in [1.29, 1.82) is 0 Å². The maximum atomic E-state index is 12.1. The third-order valence-electron chi connectivity index (χ3n) is 6.34. The maximum Gasteiger partial charge on any atom is 0.407 e. The van der Waals surface area contributed by atoms with Gasteiger partial charge in [0, 0.05) is 13.1 Å². The van der Waals surface area contributed by atoms with Crippen LogP contribution in [0.3, 0.4) is 0 Å². The average molecular weight is 485 g/mol. The van der Waals surface area contributed by atoms with Crippen LogP contribution in [-0.4, -0.2) is 61.9 Å². The third-order valence-corrected chi connectivity index (χ3v) is 6.34. The molecule has 0 spiro atoms. The Hall–Kier alpha value is -1.54. The molecule has 0 aromatic heterocycles. The second-order valence-electron chi connectivity index (χ2n) is 10.2. The molecule has 0 aromatic carbocycles. The first-order valence-electron chi connectivity index (χ1n) is 13.5. The van der Waals surface area contributed by atoms with Gasteiger partial charge in [-0.15, -0.1) is 0 Å². The quantitative estimate of drug-likeness (QED) is 0.337. The lowest BCUT2D eigenvalue weighted by Crippen LogP contribution is -2.40. The summed E-state index contributed by atoms with van der Waals surface area (Å²) in [4.78, 5) is 24.3. The van der Waals surface area contributed by atoms with Gasteiger partial charge in [0.2, 0.25) is 0 Å². The smallest absolute Gasteiger partial charge is 0.407 e. The fourth-order valence-corrected chi connectivity index (χ4v) is 4.75. The van der Waals surface area contributed by atoms with Crippen molar-refractivity contribution < 1.29 is 28.5 Å². The summed E-state index contributed by atoms with van der Waals surface area (Å²) >= 11 is 0. The van der Waals surface area contributed by atoms with Crippen LogP contribution in [0.2, 0.25) is 0 Å². The second-order valence-corrected chi connectivity index (χ2v) is 10.2. The number of nitrogens with one attached hydrogen (secondary N) is 2. The van der Waals surface area contributed by atoms with E-state index >= 15 is 0 Å². The number of rotatable bonds is 13. The zero-order valence-electron chi connectivity index (χ0n) is 21.8. The molecule has 0 aliphatic heterocycles. The van der Waals surface area contributed by atoms with E-state index in [2.05, 4.69) is 10.6 Å². The van der Waals surface area contributed by atoms with Crippen LogP contribution < -0.4 is 10.6 Å². The molecule has 198 valence electrons. The summed E-state index contributed by atoms with van der Waals surface area (Å²) in [6.07, 6.45) is 11.0. The standard InChI is InChI=1S/C26H48N2O6/c1-19(2)31-21-13-7-9-15-23(21)33-25(29)27-17-11-5-6-12-18-28-26(30)34-24-16-10-8-14-22(24)32-20(3)4/h19-24H,5-18H2,1-4H3,(H,27,29)(H,28,30). The second kappa shape index (κ2) is 16.2. The van der Waals surface area contributed by atoms with Gasteiger partial charge in [0.1, 0.15) is 12.2 Å². The van der Waals surface area contributed by atoms with Crippen molar-refractivity contribution in [3.05, 3.63) is 0 Å². The first-order valence-corrected chi connectivity index (χ1v) is 13.5. The summed E-state index contributed by atoms with van der Waals surface area (Å²) in [5.74, 6) is 0. The Labute approximate surface area is 206 Å². The summed E-state index contributed by atoms with van der Waals surface area (Å²) in [5.41, 5.74) is 0. The molecule has 0 saturated heterocycles. The molecule has 34 heavy (non-hydrogen) atoms. The van der Waals surface area contributed by atoms with Gasteiger partial charge in [0.15, 0.2) is 0 Å². The van der Waals surface area contributed by atoms with Gasteiger partial charge < -0.3 is 29.6 Å². The number of hydrogen-bond donors (Lipinski definition) is 2. The highest BCUT2D eigenvalue weighted by molar-refractivity contribution is 5.67. The van der Waals surface area contributed by atoms with Gasteiger partial charge in [-0.3, -0.25) is 0 Å². The topological polar surface area (TPSA) is 95.1 Å². The summed E-state index contributed by atoms with van der Waals surface area (Å²) in [6, 6.07) is 0. The van der Waals surface area contributed by atoms with Gasteiger partial charge in [0.25, 0.3) is 0 Å². The molecule has 2 aliphatic carbocycles. The molecule has 2 rings (SSSR count). The monoisotopic (exact) mass is 484 g/mol. The molecule has 4 unspecified atom stereocenters. The van der Waals surface area contributed by atoms with Crippen LogP contribution >= 0.6 is 0 Å². The molecule has 4 atom stereocenters. The molecule has 2 fully saturated rings. The van der Waals surface area contributed by atoms with Crippen molar-refractivity contribution in [2.24, 2.45) is 0 Å². The molecule has 2 saturated carbocycles. The lowest BCUT2D eigenvalue weighted by molar-refractivity contribution is -0.0864. The van der Waals surface area contributed by atoms with Crippen LogP contribution in [0, 0.1) is 0 Å². The van der Waals surface area contributed by atoms with Crippen LogP contribution in [0.5, 0.6) is 0 Å². The number of carbonyl (C=O) groups is 2. The number of carbonyl (C=O) groups excluding carboxylic acids is 2. The number of unbranched alkanes of at least 4 members (excludes halogenated alkanes) is 3. The van der Waals surface area contributed by atoms with Gasteiger partial charge >= 0.3 is 12.2 Å².